The fraction of sp³-hybridized carbons (Fsp3) is 0.278. The third-order valence-electron chi connectivity index (χ3n) is 4.14. The van der Waals surface area contributed by atoms with E-state index < -0.39 is 22.0 Å². The van der Waals surface area contributed by atoms with Crippen LogP contribution in [0.1, 0.15) is 24.2 Å². The summed E-state index contributed by atoms with van der Waals surface area (Å²) < 4.78 is 26.8. The zero-order valence-electron chi connectivity index (χ0n) is 14.4. The first-order valence-corrected chi connectivity index (χ1v) is 9.76. The highest BCUT2D eigenvalue weighted by atomic mass is 32.2. The molecule has 0 spiro atoms. The fourth-order valence-corrected chi connectivity index (χ4v) is 4.57. The van der Waals surface area contributed by atoms with Gasteiger partial charge in [0, 0.05) is 12.2 Å². The van der Waals surface area contributed by atoms with Crippen molar-refractivity contribution in [2.24, 2.45) is 5.10 Å². The molecular formula is C18H20N4O3S. The van der Waals surface area contributed by atoms with E-state index in [-0.39, 0.29) is 4.90 Å². The maximum absolute atomic E-state index is 12.8. The molecular weight excluding hydrogens is 352 g/mol. The molecule has 3 rings (SSSR count). The summed E-state index contributed by atoms with van der Waals surface area (Å²) in [5.41, 5.74) is 3.89. The Morgan fingerprint density at radius 1 is 1.23 bits per heavy atom. The average molecular weight is 372 g/mol. The first-order valence-electron chi connectivity index (χ1n) is 8.32. The van der Waals surface area contributed by atoms with Gasteiger partial charge in [-0.1, -0.05) is 24.3 Å². The van der Waals surface area contributed by atoms with E-state index in [1.807, 2.05) is 19.1 Å². The summed E-state index contributed by atoms with van der Waals surface area (Å²) in [6.45, 7) is 2.18. The molecule has 1 aromatic heterocycles. The van der Waals surface area contributed by atoms with Gasteiger partial charge in [-0.2, -0.15) is 9.41 Å². The maximum Gasteiger partial charge on any atom is 0.258 e. The first-order chi connectivity index (χ1) is 12.5. The number of rotatable bonds is 5. The quantitative estimate of drug-likeness (QED) is 0.639. The van der Waals surface area contributed by atoms with E-state index in [4.69, 9.17) is 0 Å². The average Bonchev–Trinajstić information content (AvgIpc) is 3.13. The van der Waals surface area contributed by atoms with Crippen LogP contribution in [0.25, 0.3) is 0 Å². The van der Waals surface area contributed by atoms with Gasteiger partial charge in [0.15, 0.2) is 0 Å². The number of benzene rings is 1. The second-order valence-corrected chi connectivity index (χ2v) is 7.92. The predicted octanol–water partition coefficient (Wildman–Crippen LogP) is 1.69. The Kier molecular flexibility index (Phi) is 5.43. The Hall–Kier alpha value is -2.58. The van der Waals surface area contributed by atoms with Crippen molar-refractivity contribution in [1.29, 1.82) is 0 Å². The Balaban J connectivity index is 1.71. The highest BCUT2D eigenvalue weighted by Crippen LogP contribution is 2.26. The number of carbonyl (C=O) groups excluding carboxylic acids is 1. The van der Waals surface area contributed by atoms with E-state index in [0.717, 1.165) is 5.69 Å². The number of amides is 1. The van der Waals surface area contributed by atoms with Gasteiger partial charge < -0.3 is 0 Å². The van der Waals surface area contributed by atoms with Crippen molar-refractivity contribution >= 4 is 22.1 Å². The van der Waals surface area contributed by atoms with E-state index in [9.17, 15) is 13.2 Å². The van der Waals surface area contributed by atoms with Gasteiger partial charge in [0.25, 0.3) is 5.91 Å². The number of nitrogens with zero attached hydrogens (tertiary/aromatic N) is 3. The number of hydrogen-bond donors (Lipinski definition) is 1. The van der Waals surface area contributed by atoms with Gasteiger partial charge in [-0.15, -0.1) is 0 Å². The molecule has 0 bridgehead atoms. The van der Waals surface area contributed by atoms with Gasteiger partial charge in [0.1, 0.15) is 6.04 Å². The monoisotopic (exact) mass is 372 g/mol. The van der Waals surface area contributed by atoms with Crippen LogP contribution in [0.3, 0.4) is 0 Å². The van der Waals surface area contributed by atoms with Crippen LogP contribution in [0.5, 0.6) is 0 Å². The molecule has 1 N–H and O–H groups in total. The molecule has 1 atom stereocenters. The summed E-state index contributed by atoms with van der Waals surface area (Å²) in [5, 5.41) is 3.91. The summed E-state index contributed by atoms with van der Waals surface area (Å²) >= 11 is 0. The molecule has 2 aromatic rings. The molecule has 1 amide bonds. The lowest BCUT2D eigenvalue weighted by Gasteiger charge is -2.22. The van der Waals surface area contributed by atoms with Crippen LogP contribution in [-0.2, 0) is 14.8 Å². The minimum Gasteiger partial charge on any atom is -0.271 e. The molecule has 7 nitrogen and oxygen atoms in total. The lowest BCUT2D eigenvalue weighted by Crippen LogP contribution is -2.44. The topological polar surface area (TPSA) is 91.7 Å². The molecule has 1 fully saturated rings. The summed E-state index contributed by atoms with van der Waals surface area (Å²) in [5.74, 6) is -0.439. The van der Waals surface area contributed by atoms with Gasteiger partial charge in [-0.05, 0) is 44.0 Å². The molecule has 136 valence electrons. The number of carbonyl (C=O) groups is 1. The lowest BCUT2D eigenvalue weighted by atomic mass is 10.2. The van der Waals surface area contributed by atoms with Gasteiger partial charge in [0.2, 0.25) is 10.0 Å². The third kappa shape index (κ3) is 3.97. The second-order valence-electron chi connectivity index (χ2n) is 6.02. The SMILES string of the molecule is Cc1cccc(/C=N\NC(=O)[C@H]2CCCN2S(=O)(=O)c2ccccc2)n1. The molecule has 0 unspecified atom stereocenters. The van der Waals surface area contributed by atoms with Crippen LogP contribution in [0.2, 0.25) is 0 Å². The highest BCUT2D eigenvalue weighted by Gasteiger charge is 2.39. The van der Waals surface area contributed by atoms with Crippen LogP contribution >= 0.6 is 0 Å². The molecule has 1 aromatic carbocycles. The van der Waals surface area contributed by atoms with E-state index in [1.165, 1.54) is 22.7 Å². The number of hydrogen-bond acceptors (Lipinski definition) is 5. The summed E-state index contributed by atoms with van der Waals surface area (Å²) in [6.07, 6.45) is 2.54. The number of hydrazone groups is 1. The molecule has 8 heteroatoms. The van der Waals surface area contributed by atoms with Crippen molar-refractivity contribution in [3.63, 3.8) is 0 Å². The van der Waals surface area contributed by atoms with Gasteiger partial charge in [-0.25, -0.2) is 13.8 Å². The minimum atomic E-state index is -3.71. The molecule has 0 saturated carbocycles. The Morgan fingerprint density at radius 2 is 2.00 bits per heavy atom. The zero-order valence-corrected chi connectivity index (χ0v) is 15.2. The maximum atomic E-state index is 12.8. The second kappa shape index (κ2) is 7.76. The van der Waals surface area contributed by atoms with Crippen molar-refractivity contribution in [3.8, 4) is 0 Å². The van der Waals surface area contributed by atoms with Crippen LogP contribution in [-0.4, -0.2) is 42.4 Å². The van der Waals surface area contributed by atoms with Crippen LogP contribution in [0, 0.1) is 6.92 Å². The number of pyridine rings is 1. The Bertz CT molecular complexity index is 913. The van der Waals surface area contributed by atoms with Crippen molar-refractivity contribution in [1.82, 2.24) is 14.7 Å². The molecule has 0 radical (unpaired) electrons. The van der Waals surface area contributed by atoms with Crippen molar-refractivity contribution in [3.05, 3.63) is 59.9 Å². The summed E-state index contributed by atoms with van der Waals surface area (Å²) in [4.78, 5) is 16.9. The number of nitrogens with one attached hydrogen (secondary N) is 1. The van der Waals surface area contributed by atoms with Gasteiger partial charge in [-0.3, -0.25) is 9.78 Å². The zero-order chi connectivity index (χ0) is 18.6. The molecule has 1 aliphatic rings. The van der Waals surface area contributed by atoms with E-state index in [0.29, 0.717) is 25.1 Å². The van der Waals surface area contributed by atoms with Crippen LogP contribution in [0.4, 0.5) is 0 Å². The van der Waals surface area contributed by atoms with E-state index in [2.05, 4.69) is 15.5 Å². The van der Waals surface area contributed by atoms with Crippen molar-refractivity contribution in [2.45, 2.75) is 30.7 Å². The summed E-state index contributed by atoms with van der Waals surface area (Å²) in [6, 6.07) is 12.9. The smallest absolute Gasteiger partial charge is 0.258 e. The van der Waals surface area contributed by atoms with E-state index >= 15 is 0 Å². The largest absolute Gasteiger partial charge is 0.271 e. The number of aromatic nitrogens is 1. The normalized spacial score (nSPS) is 18.3. The first kappa shape index (κ1) is 18.2. The predicted molar refractivity (Wildman–Crippen MR) is 98.1 cm³/mol. The fourth-order valence-electron chi connectivity index (χ4n) is 2.89. The third-order valence-corrected chi connectivity index (χ3v) is 6.06. The Labute approximate surface area is 152 Å². The molecule has 2 heterocycles. The Morgan fingerprint density at radius 3 is 2.73 bits per heavy atom. The standard InChI is InChI=1S/C18H20N4O3S/c1-14-7-5-8-15(20-14)13-19-21-18(23)17-11-6-12-22(17)26(24,25)16-9-3-2-4-10-16/h2-5,7-10,13,17H,6,11-12H2,1H3,(H,21,23)/b19-13-/t17-/m1/s1. The number of sulfonamides is 1. The molecule has 1 saturated heterocycles. The highest BCUT2D eigenvalue weighted by molar-refractivity contribution is 7.89. The van der Waals surface area contributed by atoms with E-state index in [1.54, 1.807) is 24.3 Å². The van der Waals surface area contributed by atoms with Gasteiger partial charge >= 0.3 is 0 Å². The molecule has 1 aliphatic heterocycles. The number of aryl methyl sites for hydroxylation is 1. The minimum absolute atomic E-state index is 0.187. The van der Waals surface area contributed by atoms with Crippen LogP contribution in [0.15, 0.2) is 58.5 Å². The van der Waals surface area contributed by atoms with Crippen molar-refractivity contribution in [2.75, 3.05) is 6.54 Å². The molecule has 26 heavy (non-hydrogen) atoms. The summed E-state index contributed by atoms with van der Waals surface area (Å²) in [7, 11) is -3.71. The van der Waals surface area contributed by atoms with Crippen LogP contribution < -0.4 is 5.43 Å². The van der Waals surface area contributed by atoms with Crippen molar-refractivity contribution < 1.29 is 13.2 Å². The van der Waals surface area contributed by atoms with Gasteiger partial charge in [0.05, 0.1) is 16.8 Å². The molecule has 0 aliphatic carbocycles. The lowest BCUT2D eigenvalue weighted by molar-refractivity contribution is -0.124.